The Morgan fingerprint density at radius 2 is 1.80 bits per heavy atom. The Kier molecular flexibility index (Phi) is 3.96. The maximum Gasteiger partial charge on any atom is 0.308 e. The Labute approximate surface area is 118 Å². The molecule has 0 radical (unpaired) electrons. The van der Waals surface area contributed by atoms with Gasteiger partial charge < -0.3 is 14.5 Å². The molecule has 0 aliphatic rings. The number of nitrogens with zero attached hydrogens (tertiary/aromatic N) is 1. The Morgan fingerprint density at radius 3 is 2.35 bits per heavy atom. The average molecular weight is 290 g/mol. The normalized spacial score (nSPS) is 10.1. The lowest BCUT2D eigenvalue weighted by Crippen LogP contribution is -2.07. The van der Waals surface area contributed by atoms with E-state index in [2.05, 4.69) is 4.98 Å². The van der Waals surface area contributed by atoms with Crippen LogP contribution in [0.4, 0.5) is 0 Å². The van der Waals surface area contributed by atoms with Crippen LogP contribution in [0.15, 0.2) is 23.2 Å². The van der Waals surface area contributed by atoms with Crippen LogP contribution in [-0.2, 0) is 9.59 Å². The second-order valence-electron chi connectivity index (χ2n) is 3.88. The Morgan fingerprint density at radius 1 is 1.20 bits per heavy atom. The molecule has 102 valence electrons. The summed E-state index contributed by atoms with van der Waals surface area (Å²) in [6, 6.07) is 3.11. The lowest BCUT2D eigenvalue weighted by atomic mass is 10.2. The summed E-state index contributed by atoms with van der Waals surface area (Å²) in [5, 5.41) is 11.4. The number of aromatic nitrogens is 1. The van der Waals surface area contributed by atoms with Gasteiger partial charge in [0.25, 0.3) is 0 Å². The van der Waals surface area contributed by atoms with Crippen molar-refractivity contribution >= 4 is 34.6 Å². The van der Waals surface area contributed by atoms with Crippen LogP contribution in [0.5, 0.6) is 11.5 Å². The summed E-state index contributed by atoms with van der Waals surface area (Å²) in [7, 11) is 0. The summed E-state index contributed by atoms with van der Waals surface area (Å²) in [5.41, 5.74) is 0.676. The molecule has 0 aliphatic carbocycles. The van der Waals surface area contributed by atoms with Crippen LogP contribution in [0.25, 0.3) is 10.9 Å². The van der Waals surface area contributed by atoms with Crippen molar-refractivity contribution in [3.63, 3.8) is 0 Å². The smallest absolute Gasteiger partial charge is 0.308 e. The van der Waals surface area contributed by atoms with E-state index in [1.165, 1.54) is 13.8 Å². The summed E-state index contributed by atoms with van der Waals surface area (Å²) in [5.74, 6) is -0.756. The largest absolute Gasteiger partial charge is 0.423 e. The fourth-order valence-electron chi connectivity index (χ4n) is 1.71. The quantitative estimate of drug-likeness (QED) is 0.404. The minimum Gasteiger partial charge on any atom is -0.423 e. The fraction of sp³-hybridized carbons (Fsp3) is 0.154. The highest BCUT2D eigenvalue weighted by Crippen LogP contribution is 2.36. The average Bonchev–Trinajstić information content (AvgIpc) is 2.71. The van der Waals surface area contributed by atoms with Gasteiger partial charge in [-0.25, -0.2) is 0 Å². The number of fused-ring (bicyclic) bond motifs is 1. The van der Waals surface area contributed by atoms with Gasteiger partial charge in [0.15, 0.2) is 11.5 Å². The lowest BCUT2D eigenvalue weighted by Gasteiger charge is -2.09. The fourth-order valence-corrected chi connectivity index (χ4v) is 2.20. The van der Waals surface area contributed by atoms with Gasteiger partial charge in [-0.2, -0.15) is 5.26 Å². The van der Waals surface area contributed by atoms with E-state index < -0.39 is 11.9 Å². The summed E-state index contributed by atoms with van der Waals surface area (Å²) in [6.45, 7) is 2.51. The standard InChI is InChI=1S/C13H10N2O4S/c1-7(16)18-11-3-9-10(4-12(11)19-8(2)17)15-5-13(9)20-6-14/h3-5,15H,1-2H3. The lowest BCUT2D eigenvalue weighted by molar-refractivity contribution is -0.134. The predicted octanol–water partition coefficient (Wildman–Crippen LogP) is 2.59. The number of hydrogen-bond acceptors (Lipinski definition) is 6. The molecule has 0 spiro atoms. The topological polar surface area (TPSA) is 92.2 Å². The highest BCUT2D eigenvalue weighted by molar-refractivity contribution is 8.04. The predicted molar refractivity (Wildman–Crippen MR) is 72.4 cm³/mol. The molecule has 2 aromatic rings. The summed E-state index contributed by atoms with van der Waals surface area (Å²) >= 11 is 0.985. The third kappa shape index (κ3) is 2.92. The van der Waals surface area contributed by atoms with E-state index in [4.69, 9.17) is 14.7 Å². The number of rotatable bonds is 3. The van der Waals surface area contributed by atoms with Crippen LogP contribution in [0.2, 0.25) is 0 Å². The van der Waals surface area contributed by atoms with Crippen molar-refractivity contribution in [2.75, 3.05) is 0 Å². The SMILES string of the molecule is CC(=O)Oc1cc2[nH]cc(SC#N)c2cc1OC(C)=O. The van der Waals surface area contributed by atoms with Crippen LogP contribution >= 0.6 is 11.8 Å². The molecule has 0 fully saturated rings. The van der Waals surface area contributed by atoms with Crippen LogP contribution in [-0.4, -0.2) is 16.9 Å². The third-order valence-corrected chi connectivity index (χ3v) is 3.02. The maximum absolute atomic E-state index is 11.1. The number of aromatic amines is 1. The van der Waals surface area contributed by atoms with E-state index in [9.17, 15) is 9.59 Å². The molecule has 0 aliphatic heterocycles. The van der Waals surface area contributed by atoms with E-state index in [1.807, 2.05) is 5.40 Å². The number of hydrogen-bond donors (Lipinski definition) is 1. The molecule has 1 aromatic carbocycles. The molecule has 0 saturated heterocycles. The van der Waals surface area contributed by atoms with Gasteiger partial charge in [-0.05, 0) is 17.8 Å². The third-order valence-electron chi connectivity index (χ3n) is 2.37. The summed E-state index contributed by atoms with van der Waals surface area (Å²) in [6.07, 6.45) is 1.66. The first-order chi connectivity index (χ1) is 9.51. The van der Waals surface area contributed by atoms with Crippen molar-refractivity contribution in [2.45, 2.75) is 18.7 Å². The molecule has 0 amide bonds. The highest BCUT2D eigenvalue weighted by Gasteiger charge is 2.15. The van der Waals surface area contributed by atoms with E-state index in [1.54, 1.807) is 18.3 Å². The Hall–Kier alpha value is -2.46. The van der Waals surface area contributed by atoms with Gasteiger partial charge in [0.2, 0.25) is 0 Å². The van der Waals surface area contributed by atoms with Crippen molar-refractivity contribution in [3.05, 3.63) is 18.3 Å². The van der Waals surface area contributed by atoms with Crippen LogP contribution in [0, 0.1) is 10.7 Å². The second-order valence-corrected chi connectivity index (χ2v) is 4.70. The van der Waals surface area contributed by atoms with Crippen molar-refractivity contribution in [1.82, 2.24) is 4.98 Å². The molecule has 7 heteroatoms. The van der Waals surface area contributed by atoms with E-state index in [0.29, 0.717) is 15.8 Å². The molecule has 0 atom stereocenters. The van der Waals surface area contributed by atoms with Gasteiger partial charge in [0.05, 0.1) is 5.52 Å². The summed E-state index contributed by atoms with van der Waals surface area (Å²) < 4.78 is 10.1. The molecular weight excluding hydrogens is 280 g/mol. The number of H-pyrrole nitrogens is 1. The van der Waals surface area contributed by atoms with Gasteiger partial charge in [-0.3, -0.25) is 9.59 Å². The molecule has 0 bridgehead atoms. The number of benzene rings is 1. The minimum atomic E-state index is -0.525. The molecule has 6 nitrogen and oxygen atoms in total. The monoisotopic (exact) mass is 290 g/mol. The first-order valence-electron chi connectivity index (χ1n) is 5.59. The number of thioether (sulfide) groups is 1. The van der Waals surface area contributed by atoms with Crippen LogP contribution in [0.3, 0.4) is 0 Å². The second kappa shape index (κ2) is 5.67. The van der Waals surface area contributed by atoms with Crippen molar-refractivity contribution < 1.29 is 19.1 Å². The maximum atomic E-state index is 11.1. The van der Waals surface area contributed by atoms with E-state index in [-0.39, 0.29) is 11.5 Å². The minimum absolute atomic E-state index is 0.139. The number of esters is 2. The molecule has 0 unspecified atom stereocenters. The van der Waals surface area contributed by atoms with Crippen molar-refractivity contribution in [1.29, 1.82) is 5.26 Å². The Bertz CT molecular complexity index is 730. The van der Waals surface area contributed by atoms with Gasteiger partial charge in [-0.15, -0.1) is 0 Å². The number of ether oxygens (including phenoxy) is 2. The summed E-state index contributed by atoms with van der Waals surface area (Å²) in [4.78, 5) is 25.8. The first kappa shape index (κ1) is 14.0. The van der Waals surface area contributed by atoms with Gasteiger partial charge in [-0.1, -0.05) is 0 Å². The molecule has 20 heavy (non-hydrogen) atoms. The number of nitrogens with one attached hydrogen (secondary N) is 1. The van der Waals surface area contributed by atoms with Crippen molar-refractivity contribution in [3.8, 4) is 16.9 Å². The zero-order valence-electron chi connectivity index (χ0n) is 10.7. The van der Waals surface area contributed by atoms with E-state index >= 15 is 0 Å². The zero-order valence-corrected chi connectivity index (χ0v) is 11.5. The highest BCUT2D eigenvalue weighted by atomic mass is 32.2. The number of carbonyl (C=O) groups is 2. The van der Waals surface area contributed by atoms with Gasteiger partial charge in [0.1, 0.15) is 5.40 Å². The first-order valence-corrected chi connectivity index (χ1v) is 6.41. The van der Waals surface area contributed by atoms with Crippen LogP contribution < -0.4 is 9.47 Å². The molecule has 1 aromatic heterocycles. The molecule has 0 saturated carbocycles. The zero-order chi connectivity index (χ0) is 14.7. The van der Waals surface area contributed by atoms with Gasteiger partial charge >= 0.3 is 11.9 Å². The van der Waals surface area contributed by atoms with Crippen LogP contribution in [0.1, 0.15) is 13.8 Å². The molecule has 1 heterocycles. The molecule has 2 rings (SSSR count). The van der Waals surface area contributed by atoms with E-state index in [0.717, 1.165) is 11.8 Å². The number of carbonyl (C=O) groups excluding carboxylic acids is 2. The van der Waals surface area contributed by atoms with Crippen molar-refractivity contribution in [2.24, 2.45) is 0 Å². The molecule has 1 N–H and O–H groups in total. The number of thiocyanates is 1. The Balaban J connectivity index is 2.57. The van der Waals surface area contributed by atoms with Gasteiger partial charge in [0, 0.05) is 36.4 Å². The molecular formula is C13H10N2O4S. The number of nitriles is 1.